The maximum Gasteiger partial charge on any atom is 0.241 e. The average molecular weight is 420 g/mol. The molecule has 2 N–H and O–H groups in total. The van der Waals surface area contributed by atoms with Crippen LogP contribution in [-0.4, -0.2) is 36.5 Å². The minimum Gasteiger partial charge on any atom is -0.311 e. The van der Waals surface area contributed by atoms with Crippen LogP contribution >= 0.6 is 0 Å². The average Bonchev–Trinajstić information content (AvgIpc) is 2.79. The Morgan fingerprint density at radius 3 is 2.50 bits per heavy atom. The van der Waals surface area contributed by atoms with Gasteiger partial charge < -0.3 is 5.32 Å². The highest BCUT2D eigenvalue weighted by atomic mass is 32.2. The summed E-state index contributed by atoms with van der Waals surface area (Å²) in [4.78, 5) is 12.4. The molecule has 0 atom stereocenters. The number of benzene rings is 2. The van der Waals surface area contributed by atoms with Crippen molar-refractivity contribution in [1.82, 2.24) is 25.0 Å². The number of rotatable bonds is 8. The van der Waals surface area contributed by atoms with Gasteiger partial charge in [-0.2, -0.15) is 0 Å². The first-order chi connectivity index (χ1) is 14.6. The van der Waals surface area contributed by atoms with Crippen LogP contribution in [0.3, 0.4) is 0 Å². The Morgan fingerprint density at radius 2 is 1.70 bits per heavy atom. The molecular formula is C22H21N5O2S. The third-order valence-electron chi connectivity index (χ3n) is 4.67. The second-order valence-electron chi connectivity index (χ2n) is 6.72. The van der Waals surface area contributed by atoms with E-state index in [0.29, 0.717) is 24.0 Å². The van der Waals surface area contributed by atoms with Crippen LogP contribution in [0.4, 0.5) is 0 Å². The monoisotopic (exact) mass is 419 g/mol. The van der Waals surface area contributed by atoms with Crippen LogP contribution in [0, 0.1) is 0 Å². The van der Waals surface area contributed by atoms with Crippen molar-refractivity contribution >= 4 is 20.9 Å². The molecular weight excluding hydrogens is 398 g/mol. The molecule has 8 heteroatoms. The first-order valence-corrected chi connectivity index (χ1v) is 11.0. The summed E-state index contributed by atoms with van der Waals surface area (Å²) in [6.45, 7) is 1.43. The van der Waals surface area contributed by atoms with E-state index >= 15 is 0 Å². The molecule has 2 heterocycles. The zero-order valence-corrected chi connectivity index (χ0v) is 17.0. The van der Waals surface area contributed by atoms with E-state index in [9.17, 15) is 8.42 Å². The minimum atomic E-state index is -3.64. The van der Waals surface area contributed by atoms with Crippen LogP contribution in [-0.2, 0) is 16.6 Å². The molecule has 7 nitrogen and oxygen atoms in total. The van der Waals surface area contributed by atoms with E-state index in [1.54, 1.807) is 24.4 Å². The molecule has 2 aromatic carbocycles. The molecule has 0 spiro atoms. The lowest BCUT2D eigenvalue weighted by Gasteiger charge is -2.10. The Morgan fingerprint density at radius 1 is 0.833 bits per heavy atom. The summed E-state index contributed by atoms with van der Waals surface area (Å²) in [5, 5.41) is 3.77. The van der Waals surface area contributed by atoms with Crippen LogP contribution in [0.2, 0.25) is 0 Å². The fourth-order valence-corrected chi connectivity index (χ4v) is 4.38. The Labute approximate surface area is 175 Å². The summed E-state index contributed by atoms with van der Waals surface area (Å²) in [7, 11) is -3.64. The predicted molar refractivity (Wildman–Crippen MR) is 116 cm³/mol. The topological polar surface area (TPSA) is 96.9 Å². The number of aromatic nitrogens is 3. The van der Waals surface area contributed by atoms with Crippen molar-refractivity contribution in [3.05, 3.63) is 85.1 Å². The van der Waals surface area contributed by atoms with E-state index in [1.807, 2.05) is 18.3 Å². The largest absolute Gasteiger partial charge is 0.311 e. The lowest BCUT2D eigenvalue weighted by Crippen LogP contribution is -2.31. The maximum atomic E-state index is 12.7. The molecule has 0 aliphatic heterocycles. The van der Waals surface area contributed by atoms with E-state index in [0.717, 1.165) is 16.7 Å². The van der Waals surface area contributed by atoms with Gasteiger partial charge >= 0.3 is 0 Å². The number of fused-ring (bicyclic) bond motifs is 1. The summed E-state index contributed by atoms with van der Waals surface area (Å²) in [6.07, 6.45) is 6.51. The molecule has 2 aromatic heterocycles. The van der Waals surface area contributed by atoms with Crippen molar-refractivity contribution in [1.29, 1.82) is 0 Å². The zero-order valence-electron chi connectivity index (χ0n) is 16.2. The molecule has 4 rings (SSSR count). The van der Waals surface area contributed by atoms with E-state index in [2.05, 4.69) is 49.3 Å². The van der Waals surface area contributed by atoms with Gasteiger partial charge in [0, 0.05) is 43.6 Å². The van der Waals surface area contributed by atoms with E-state index in [1.165, 1.54) is 12.5 Å². The normalized spacial score (nSPS) is 11.6. The molecule has 0 saturated heterocycles. The maximum absolute atomic E-state index is 12.7. The molecule has 0 fully saturated rings. The summed E-state index contributed by atoms with van der Waals surface area (Å²) in [6, 6.07) is 17.1. The van der Waals surface area contributed by atoms with Gasteiger partial charge in [-0.15, -0.1) is 0 Å². The predicted octanol–water partition coefficient (Wildman–Crippen LogP) is 2.76. The second-order valence-corrected chi connectivity index (χ2v) is 8.46. The molecule has 30 heavy (non-hydrogen) atoms. The highest BCUT2D eigenvalue weighted by Gasteiger charge is 2.17. The molecule has 0 radical (unpaired) electrons. The highest BCUT2D eigenvalue weighted by molar-refractivity contribution is 7.89. The number of nitrogens with one attached hydrogen (secondary N) is 2. The molecule has 0 aliphatic carbocycles. The van der Waals surface area contributed by atoms with Crippen molar-refractivity contribution in [3.8, 4) is 11.1 Å². The Kier molecular flexibility index (Phi) is 6.08. The Bertz CT molecular complexity index is 1220. The van der Waals surface area contributed by atoms with Crippen molar-refractivity contribution < 1.29 is 8.42 Å². The van der Waals surface area contributed by atoms with Gasteiger partial charge in [0.15, 0.2) is 0 Å². The molecule has 4 aromatic rings. The molecule has 0 bridgehead atoms. The smallest absolute Gasteiger partial charge is 0.241 e. The highest BCUT2D eigenvalue weighted by Crippen LogP contribution is 2.20. The van der Waals surface area contributed by atoms with E-state index in [-0.39, 0.29) is 11.4 Å². The van der Waals surface area contributed by atoms with Crippen LogP contribution in [0.25, 0.3) is 22.0 Å². The van der Waals surface area contributed by atoms with Crippen molar-refractivity contribution in [2.24, 2.45) is 0 Å². The van der Waals surface area contributed by atoms with Gasteiger partial charge in [0.25, 0.3) is 0 Å². The van der Waals surface area contributed by atoms with Crippen molar-refractivity contribution in [2.45, 2.75) is 11.4 Å². The number of sulfonamides is 1. The van der Waals surface area contributed by atoms with Gasteiger partial charge in [-0.05, 0) is 34.9 Å². The van der Waals surface area contributed by atoms with Crippen molar-refractivity contribution in [3.63, 3.8) is 0 Å². The molecule has 152 valence electrons. The Hall–Kier alpha value is -3.20. The zero-order chi connectivity index (χ0) is 20.8. The summed E-state index contributed by atoms with van der Waals surface area (Å²) in [5.41, 5.74) is 3.90. The number of hydrogen-bond donors (Lipinski definition) is 2. The SMILES string of the molecule is O=S(=O)(NCCNCc1ccc(-c2cccnc2)cc1)c1cccc2ncncc12. The first-order valence-electron chi connectivity index (χ1n) is 9.52. The van der Waals surface area contributed by atoms with Gasteiger partial charge in [-0.3, -0.25) is 4.98 Å². The van der Waals surface area contributed by atoms with E-state index in [4.69, 9.17) is 0 Å². The van der Waals surface area contributed by atoms with Crippen LogP contribution in [0.5, 0.6) is 0 Å². The number of hydrogen-bond acceptors (Lipinski definition) is 6. The van der Waals surface area contributed by atoms with Crippen molar-refractivity contribution in [2.75, 3.05) is 13.1 Å². The molecule has 0 saturated carbocycles. The van der Waals surface area contributed by atoms with Crippen LogP contribution < -0.4 is 10.0 Å². The number of pyridine rings is 1. The van der Waals surface area contributed by atoms with Gasteiger partial charge in [-0.1, -0.05) is 36.4 Å². The lowest BCUT2D eigenvalue weighted by molar-refractivity contribution is 0.576. The van der Waals surface area contributed by atoms with E-state index < -0.39 is 10.0 Å². The van der Waals surface area contributed by atoms with Gasteiger partial charge in [0.05, 0.1) is 10.4 Å². The van der Waals surface area contributed by atoms with Crippen LogP contribution in [0.15, 0.2) is 84.4 Å². The van der Waals surface area contributed by atoms with Gasteiger partial charge in [0.2, 0.25) is 10.0 Å². The molecule has 0 unspecified atom stereocenters. The van der Waals surface area contributed by atoms with Gasteiger partial charge in [0.1, 0.15) is 6.33 Å². The standard InChI is InChI=1S/C22H21N5O2S/c28-30(29,22-5-1-4-21-20(22)15-25-16-26-21)27-12-11-24-13-17-6-8-18(9-7-17)19-3-2-10-23-14-19/h1-10,14-16,24,27H,11-13H2. The molecule has 0 aliphatic rings. The minimum absolute atomic E-state index is 0.187. The van der Waals surface area contributed by atoms with Crippen LogP contribution in [0.1, 0.15) is 5.56 Å². The Balaban J connectivity index is 1.30. The summed E-state index contributed by atoms with van der Waals surface area (Å²) < 4.78 is 27.9. The fraction of sp³-hybridized carbons (Fsp3) is 0.136. The summed E-state index contributed by atoms with van der Waals surface area (Å²) in [5.74, 6) is 0. The van der Waals surface area contributed by atoms with Gasteiger partial charge in [-0.25, -0.2) is 23.1 Å². The third-order valence-corrected chi connectivity index (χ3v) is 6.19. The molecule has 0 amide bonds. The first kappa shape index (κ1) is 20.1. The second kappa shape index (κ2) is 9.08. The summed E-state index contributed by atoms with van der Waals surface area (Å²) >= 11 is 0. The number of nitrogens with zero attached hydrogens (tertiary/aromatic N) is 3. The third kappa shape index (κ3) is 4.68. The lowest BCUT2D eigenvalue weighted by atomic mass is 10.1. The fourth-order valence-electron chi connectivity index (χ4n) is 3.15. The quantitative estimate of drug-likeness (QED) is 0.426.